The molecule has 0 aromatic rings. The van der Waals surface area contributed by atoms with Gasteiger partial charge >= 0.3 is 0 Å². The minimum absolute atomic E-state index is 0.145. The van der Waals surface area contributed by atoms with Crippen molar-refractivity contribution in [3.63, 3.8) is 0 Å². The minimum atomic E-state index is -0.313. The van der Waals surface area contributed by atoms with E-state index < -0.39 is 0 Å². The molecule has 0 N–H and O–H groups in total. The van der Waals surface area contributed by atoms with Gasteiger partial charge in [-0.2, -0.15) is 0 Å². The predicted molar refractivity (Wildman–Crippen MR) is 39.8 cm³/mol. The first-order valence-electron chi connectivity index (χ1n) is 3.20. The second kappa shape index (κ2) is 3.89. The predicted octanol–water partition coefficient (Wildman–Crippen LogP) is 2.23. The highest BCUT2D eigenvalue weighted by Gasteiger charge is 2.09. The summed E-state index contributed by atoms with van der Waals surface area (Å²) in [6.07, 6.45) is 0.602. The van der Waals surface area contributed by atoms with Crippen LogP contribution in [0.3, 0.4) is 0 Å². The van der Waals surface area contributed by atoms with Gasteiger partial charge in [0, 0.05) is 6.42 Å². The molecule has 0 fully saturated rings. The molecular formula is C7H13ClO. The third-order valence-corrected chi connectivity index (χ3v) is 1.30. The van der Waals surface area contributed by atoms with Gasteiger partial charge in [0.15, 0.2) is 5.78 Å². The van der Waals surface area contributed by atoms with Crippen molar-refractivity contribution in [2.45, 2.75) is 32.6 Å². The van der Waals surface area contributed by atoms with E-state index in [1.54, 1.807) is 6.92 Å². The van der Waals surface area contributed by atoms with E-state index in [0.29, 0.717) is 12.3 Å². The second-order valence-electron chi connectivity index (χ2n) is 2.68. The molecule has 0 saturated carbocycles. The van der Waals surface area contributed by atoms with Crippen LogP contribution in [0, 0.1) is 5.92 Å². The SMILES string of the molecule is CC(C)CC(=O)C(C)Cl. The summed E-state index contributed by atoms with van der Waals surface area (Å²) in [6, 6.07) is 0. The fourth-order valence-electron chi connectivity index (χ4n) is 0.565. The topological polar surface area (TPSA) is 17.1 Å². The average molecular weight is 149 g/mol. The first-order chi connectivity index (χ1) is 4.04. The van der Waals surface area contributed by atoms with E-state index in [4.69, 9.17) is 11.6 Å². The van der Waals surface area contributed by atoms with Gasteiger partial charge in [-0.15, -0.1) is 11.6 Å². The van der Waals surface area contributed by atoms with Gasteiger partial charge in [0.25, 0.3) is 0 Å². The molecule has 0 saturated heterocycles. The van der Waals surface area contributed by atoms with Crippen LogP contribution in [0.4, 0.5) is 0 Å². The zero-order valence-electron chi connectivity index (χ0n) is 6.15. The van der Waals surface area contributed by atoms with Gasteiger partial charge in [-0.3, -0.25) is 4.79 Å². The molecule has 0 spiro atoms. The van der Waals surface area contributed by atoms with Crippen molar-refractivity contribution in [2.24, 2.45) is 5.92 Å². The summed E-state index contributed by atoms with van der Waals surface area (Å²) in [5.41, 5.74) is 0. The lowest BCUT2D eigenvalue weighted by Crippen LogP contribution is -2.12. The Balaban J connectivity index is 3.51. The largest absolute Gasteiger partial charge is 0.298 e. The molecular weight excluding hydrogens is 136 g/mol. The molecule has 0 rings (SSSR count). The third-order valence-electron chi connectivity index (χ3n) is 1.05. The van der Waals surface area contributed by atoms with E-state index in [0.717, 1.165) is 0 Å². The molecule has 9 heavy (non-hydrogen) atoms. The number of halogens is 1. The van der Waals surface area contributed by atoms with Gasteiger partial charge in [0.1, 0.15) is 0 Å². The molecule has 1 atom stereocenters. The molecule has 0 bridgehead atoms. The summed E-state index contributed by atoms with van der Waals surface area (Å²) in [7, 11) is 0. The Morgan fingerprint density at radius 3 is 2.00 bits per heavy atom. The van der Waals surface area contributed by atoms with Crippen LogP contribution in [0.1, 0.15) is 27.2 Å². The molecule has 0 aromatic carbocycles. The van der Waals surface area contributed by atoms with Gasteiger partial charge in [-0.05, 0) is 12.8 Å². The highest BCUT2D eigenvalue weighted by molar-refractivity contribution is 6.30. The summed E-state index contributed by atoms with van der Waals surface area (Å²) in [4.78, 5) is 10.8. The van der Waals surface area contributed by atoms with Gasteiger partial charge in [0.2, 0.25) is 0 Å². The minimum Gasteiger partial charge on any atom is -0.298 e. The van der Waals surface area contributed by atoms with Crippen LogP contribution < -0.4 is 0 Å². The third kappa shape index (κ3) is 4.46. The van der Waals surface area contributed by atoms with Crippen molar-refractivity contribution in [3.8, 4) is 0 Å². The summed E-state index contributed by atoms with van der Waals surface area (Å²) in [6.45, 7) is 5.74. The van der Waals surface area contributed by atoms with E-state index in [9.17, 15) is 4.79 Å². The van der Waals surface area contributed by atoms with Crippen LogP contribution in [0.2, 0.25) is 0 Å². The van der Waals surface area contributed by atoms with E-state index in [1.165, 1.54) is 0 Å². The van der Waals surface area contributed by atoms with Gasteiger partial charge in [-0.1, -0.05) is 13.8 Å². The fraction of sp³-hybridized carbons (Fsp3) is 0.857. The van der Waals surface area contributed by atoms with Gasteiger partial charge in [0.05, 0.1) is 5.38 Å². The van der Waals surface area contributed by atoms with Crippen molar-refractivity contribution in [2.75, 3.05) is 0 Å². The zero-order valence-corrected chi connectivity index (χ0v) is 6.90. The molecule has 0 amide bonds. The summed E-state index contributed by atoms with van der Waals surface area (Å²) >= 11 is 5.52. The van der Waals surface area contributed by atoms with Crippen LogP contribution in [0.5, 0.6) is 0 Å². The van der Waals surface area contributed by atoms with Crippen LogP contribution in [0.15, 0.2) is 0 Å². The maximum atomic E-state index is 10.8. The number of alkyl halides is 1. The lowest BCUT2D eigenvalue weighted by atomic mass is 10.1. The van der Waals surface area contributed by atoms with Crippen molar-refractivity contribution >= 4 is 17.4 Å². The van der Waals surface area contributed by atoms with E-state index in [2.05, 4.69) is 0 Å². The monoisotopic (exact) mass is 148 g/mol. The molecule has 1 nitrogen and oxygen atoms in total. The number of hydrogen-bond acceptors (Lipinski definition) is 1. The lowest BCUT2D eigenvalue weighted by molar-refractivity contribution is -0.119. The maximum Gasteiger partial charge on any atom is 0.150 e. The quantitative estimate of drug-likeness (QED) is 0.561. The maximum absolute atomic E-state index is 10.8. The molecule has 0 heterocycles. The Labute approximate surface area is 61.4 Å². The molecule has 54 valence electrons. The van der Waals surface area contributed by atoms with Crippen LogP contribution in [-0.4, -0.2) is 11.2 Å². The Hall–Kier alpha value is -0.0400. The lowest BCUT2D eigenvalue weighted by Gasteiger charge is -2.03. The number of carbonyl (C=O) groups is 1. The standard InChI is InChI=1S/C7H13ClO/c1-5(2)4-7(9)6(3)8/h5-6H,4H2,1-3H3. The fourth-order valence-corrected chi connectivity index (χ4v) is 0.654. The van der Waals surface area contributed by atoms with E-state index in [-0.39, 0.29) is 11.2 Å². The van der Waals surface area contributed by atoms with Crippen LogP contribution in [0.25, 0.3) is 0 Å². The normalized spacial score (nSPS) is 13.9. The molecule has 0 radical (unpaired) electrons. The summed E-state index contributed by atoms with van der Waals surface area (Å²) < 4.78 is 0. The zero-order chi connectivity index (χ0) is 7.44. The number of Topliss-reactive ketones (excluding diaryl/α,β-unsaturated/α-hetero) is 1. The van der Waals surface area contributed by atoms with Crippen molar-refractivity contribution in [1.29, 1.82) is 0 Å². The number of carbonyl (C=O) groups excluding carboxylic acids is 1. The molecule has 0 aliphatic heterocycles. The van der Waals surface area contributed by atoms with Gasteiger partial charge in [-0.25, -0.2) is 0 Å². The highest BCUT2D eigenvalue weighted by Crippen LogP contribution is 2.06. The average Bonchev–Trinajstić information content (AvgIpc) is 1.63. The first kappa shape index (κ1) is 8.96. The van der Waals surface area contributed by atoms with Crippen LogP contribution >= 0.6 is 11.6 Å². The molecule has 0 aliphatic carbocycles. The number of rotatable bonds is 3. The number of ketones is 1. The second-order valence-corrected chi connectivity index (χ2v) is 3.33. The summed E-state index contributed by atoms with van der Waals surface area (Å²) in [5, 5.41) is -0.313. The Morgan fingerprint density at radius 1 is 1.44 bits per heavy atom. The number of hydrogen-bond donors (Lipinski definition) is 0. The van der Waals surface area contributed by atoms with E-state index in [1.807, 2.05) is 13.8 Å². The van der Waals surface area contributed by atoms with Crippen molar-refractivity contribution in [3.05, 3.63) is 0 Å². The van der Waals surface area contributed by atoms with E-state index >= 15 is 0 Å². The Kier molecular flexibility index (Phi) is 3.87. The summed E-state index contributed by atoms with van der Waals surface area (Å²) in [5.74, 6) is 0.574. The molecule has 2 heteroatoms. The molecule has 0 aliphatic rings. The van der Waals surface area contributed by atoms with Gasteiger partial charge < -0.3 is 0 Å². The molecule has 1 unspecified atom stereocenters. The highest BCUT2D eigenvalue weighted by atomic mass is 35.5. The van der Waals surface area contributed by atoms with Crippen molar-refractivity contribution in [1.82, 2.24) is 0 Å². The Bertz CT molecular complexity index is 97.1. The van der Waals surface area contributed by atoms with Crippen molar-refractivity contribution < 1.29 is 4.79 Å². The first-order valence-corrected chi connectivity index (χ1v) is 3.64. The molecule has 0 aromatic heterocycles. The van der Waals surface area contributed by atoms with Crippen LogP contribution in [-0.2, 0) is 4.79 Å². The Morgan fingerprint density at radius 2 is 1.89 bits per heavy atom. The smallest absolute Gasteiger partial charge is 0.150 e.